The Morgan fingerprint density at radius 3 is 2.88 bits per heavy atom. The predicted octanol–water partition coefficient (Wildman–Crippen LogP) is 2.03. The zero-order valence-corrected chi connectivity index (χ0v) is 12.0. The first kappa shape index (κ1) is 14.8. The fourth-order valence-corrected chi connectivity index (χ4v) is 3.00. The second-order valence-electron chi connectivity index (χ2n) is 4.91. The van der Waals surface area contributed by atoms with Crippen molar-refractivity contribution in [1.82, 2.24) is 10.6 Å². The molecule has 1 saturated heterocycles. The van der Waals surface area contributed by atoms with Gasteiger partial charge in [0.2, 0.25) is 5.91 Å². The van der Waals surface area contributed by atoms with E-state index in [2.05, 4.69) is 23.8 Å². The molecule has 0 aromatic heterocycles. The minimum Gasteiger partial charge on any atom is -0.356 e. The molecule has 0 aromatic rings. The summed E-state index contributed by atoms with van der Waals surface area (Å²) < 4.78 is 0. The van der Waals surface area contributed by atoms with Crippen molar-refractivity contribution in [3.8, 4) is 0 Å². The number of hydrogen-bond acceptors (Lipinski definition) is 3. The molecule has 1 unspecified atom stereocenters. The summed E-state index contributed by atoms with van der Waals surface area (Å²) in [6.45, 7) is 4.84. The largest absolute Gasteiger partial charge is 0.356 e. The van der Waals surface area contributed by atoms with Crippen molar-refractivity contribution in [2.24, 2.45) is 5.41 Å². The molecule has 1 atom stereocenters. The number of unbranched alkanes of at least 4 members (excludes halogenated alkanes) is 1. The van der Waals surface area contributed by atoms with E-state index in [1.165, 1.54) is 12.2 Å². The minimum atomic E-state index is -0.117. The van der Waals surface area contributed by atoms with E-state index >= 15 is 0 Å². The first-order valence-corrected chi connectivity index (χ1v) is 8.12. The van der Waals surface area contributed by atoms with Gasteiger partial charge >= 0.3 is 0 Å². The van der Waals surface area contributed by atoms with Crippen LogP contribution in [0, 0.1) is 5.41 Å². The lowest BCUT2D eigenvalue weighted by molar-refractivity contribution is -0.130. The average molecular weight is 258 g/mol. The third-order valence-corrected chi connectivity index (χ3v) is 4.21. The Bertz CT molecular complexity index is 227. The second-order valence-corrected chi connectivity index (χ2v) is 5.90. The lowest BCUT2D eigenvalue weighted by Gasteiger charge is -2.26. The summed E-state index contributed by atoms with van der Waals surface area (Å²) in [4.78, 5) is 12.2. The Morgan fingerprint density at radius 2 is 2.29 bits per heavy atom. The smallest absolute Gasteiger partial charge is 0.227 e. The quantitative estimate of drug-likeness (QED) is 0.655. The molecular weight excluding hydrogens is 232 g/mol. The van der Waals surface area contributed by atoms with Gasteiger partial charge in [0, 0.05) is 13.1 Å². The van der Waals surface area contributed by atoms with Crippen LogP contribution in [0.3, 0.4) is 0 Å². The third-order valence-electron chi connectivity index (χ3n) is 3.51. The van der Waals surface area contributed by atoms with E-state index in [0.29, 0.717) is 0 Å². The van der Waals surface area contributed by atoms with Crippen molar-refractivity contribution in [3.05, 3.63) is 0 Å². The standard InChI is InChI=1S/C13H26N2OS/c1-3-6-13(7-9-14-11-13)12(16)15-8-4-5-10-17-2/h14H,3-11H2,1-2H3,(H,15,16). The van der Waals surface area contributed by atoms with Gasteiger partial charge in [-0.3, -0.25) is 4.79 Å². The number of amides is 1. The monoisotopic (exact) mass is 258 g/mol. The first-order valence-electron chi connectivity index (χ1n) is 6.73. The number of nitrogens with one attached hydrogen (secondary N) is 2. The van der Waals surface area contributed by atoms with Gasteiger partial charge in [0.25, 0.3) is 0 Å². The molecule has 3 nitrogen and oxygen atoms in total. The van der Waals surface area contributed by atoms with Gasteiger partial charge < -0.3 is 10.6 Å². The Balaban J connectivity index is 2.28. The molecule has 1 fully saturated rings. The predicted molar refractivity (Wildman–Crippen MR) is 75.5 cm³/mol. The molecule has 4 heteroatoms. The van der Waals surface area contributed by atoms with Crippen LogP contribution in [0.5, 0.6) is 0 Å². The fourth-order valence-electron chi connectivity index (χ4n) is 2.50. The highest BCUT2D eigenvalue weighted by molar-refractivity contribution is 7.98. The maximum Gasteiger partial charge on any atom is 0.227 e. The zero-order chi connectivity index (χ0) is 12.6. The van der Waals surface area contributed by atoms with Crippen molar-refractivity contribution in [2.45, 2.75) is 39.0 Å². The van der Waals surface area contributed by atoms with Crippen LogP contribution in [0.4, 0.5) is 0 Å². The summed E-state index contributed by atoms with van der Waals surface area (Å²) in [6.07, 6.45) is 7.51. The van der Waals surface area contributed by atoms with Gasteiger partial charge in [-0.05, 0) is 44.2 Å². The van der Waals surface area contributed by atoms with Crippen LogP contribution < -0.4 is 10.6 Å². The summed E-state index contributed by atoms with van der Waals surface area (Å²) >= 11 is 1.87. The molecule has 2 N–H and O–H groups in total. The van der Waals surface area contributed by atoms with Gasteiger partial charge in [0.05, 0.1) is 5.41 Å². The van der Waals surface area contributed by atoms with Gasteiger partial charge in [-0.15, -0.1) is 0 Å². The van der Waals surface area contributed by atoms with Crippen LogP contribution in [-0.2, 0) is 4.79 Å². The Kier molecular flexibility index (Phi) is 6.97. The molecular formula is C13H26N2OS. The van der Waals surface area contributed by atoms with E-state index in [1.807, 2.05) is 11.8 Å². The van der Waals surface area contributed by atoms with E-state index < -0.39 is 0 Å². The average Bonchev–Trinajstić information content (AvgIpc) is 2.79. The molecule has 17 heavy (non-hydrogen) atoms. The van der Waals surface area contributed by atoms with Crippen LogP contribution >= 0.6 is 11.8 Å². The maximum absolute atomic E-state index is 12.2. The molecule has 1 aliphatic heterocycles. The van der Waals surface area contributed by atoms with Gasteiger partial charge in [-0.1, -0.05) is 13.3 Å². The number of rotatable bonds is 8. The van der Waals surface area contributed by atoms with Gasteiger partial charge in [0.1, 0.15) is 0 Å². The molecule has 0 radical (unpaired) electrons. The van der Waals surface area contributed by atoms with Gasteiger partial charge in [0.15, 0.2) is 0 Å². The van der Waals surface area contributed by atoms with E-state index in [-0.39, 0.29) is 11.3 Å². The molecule has 1 rings (SSSR count). The topological polar surface area (TPSA) is 41.1 Å². The van der Waals surface area contributed by atoms with E-state index in [0.717, 1.165) is 45.3 Å². The van der Waals surface area contributed by atoms with E-state index in [1.54, 1.807) is 0 Å². The third kappa shape index (κ3) is 4.51. The molecule has 0 spiro atoms. The highest BCUT2D eigenvalue weighted by Gasteiger charge is 2.39. The molecule has 0 bridgehead atoms. The molecule has 1 amide bonds. The van der Waals surface area contributed by atoms with Crippen LogP contribution in [0.2, 0.25) is 0 Å². The summed E-state index contributed by atoms with van der Waals surface area (Å²) in [7, 11) is 0. The normalized spacial score (nSPS) is 23.9. The van der Waals surface area contributed by atoms with E-state index in [4.69, 9.17) is 0 Å². The first-order chi connectivity index (χ1) is 8.25. The molecule has 1 heterocycles. The maximum atomic E-state index is 12.2. The zero-order valence-electron chi connectivity index (χ0n) is 11.2. The molecule has 100 valence electrons. The molecule has 0 saturated carbocycles. The lowest BCUT2D eigenvalue weighted by atomic mass is 9.81. The van der Waals surface area contributed by atoms with Crippen LogP contribution in [0.25, 0.3) is 0 Å². The fraction of sp³-hybridized carbons (Fsp3) is 0.923. The van der Waals surface area contributed by atoms with Crippen LogP contribution in [0.1, 0.15) is 39.0 Å². The van der Waals surface area contributed by atoms with Crippen molar-refractivity contribution < 1.29 is 4.79 Å². The molecule has 0 aromatic carbocycles. The van der Waals surface area contributed by atoms with Crippen molar-refractivity contribution in [2.75, 3.05) is 31.6 Å². The lowest BCUT2D eigenvalue weighted by Crippen LogP contribution is -2.42. The summed E-state index contributed by atoms with van der Waals surface area (Å²) in [6, 6.07) is 0. The Morgan fingerprint density at radius 1 is 1.47 bits per heavy atom. The van der Waals surface area contributed by atoms with Gasteiger partial charge in [-0.25, -0.2) is 0 Å². The summed E-state index contributed by atoms with van der Waals surface area (Å²) in [5.74, 6) is 1.46. The highest BCUT2D eigenvalue weighted by Crippen LogP contribution is 2.31. The van der Waals surface area contributed by atoms with Crippen LogP contribution in [-0.4, -0.2) is 37.6 Å². The number of hydrogen-bond donors (Lipinski definition) is 2. The van der Waals surface area contributed by atoms with E-state index in [9.17, 15) is 4.79 Å². The number of thioether (sulfide) groups is 1. The summed E-state index contributed by atoms with van der Waals surface area (Å²) in [5.41, 5.74) is -0.117. The number of carbonyl (C=O) groups is 1. The Hall–Kier alpha value is -0.220. The SMILES string of the molecule is CCCC1(C(=O)NCCCCSC)CCNC1. The van der Waals surface area contributed by atoms with Gasteiger partial charge in [-0.2, -0.15) is 11.8 Å². The second kappa shape index (κ2) is 7.98. The molecule has 0 aliphatic carbocycles. The number of carbonyl (C=O) groups excluding carboxylic acids is 1. The van der Waals surface area contributed by atoms with Crippen LogP contribution in [0.15, 0.2) is 0 Å². The molecule has 1 aliphatic rings. The van der Waals surface area contributed by atoms with Crippen molar-refractivity contribution in [1.29, 1.82) is 0 Å². The minimum absolute atomic E-state index is 0.117. The van der Waals surface area contributed by atoms with Crippen molar-refractivity contribution >= 4 is 17.7 Å². The Labute approximate surface area is 109 Å². The van der Waals surface area contributed by atoms with Crippen molar-refractivity contribution in [3.63, 3.8) is 0 Å². The summed E-state index contributed by atoms with van der Waals surface area (Å²) in [5, 5.41) is 6.45. The highest BCUT2D eigenvalue weighted by atomic mass is 32.2.